The van der Waals surface area contributed by atoms with E-state index in [1.54, 1.807) is 12.1 Å². The summed E-state index contributed by atoms with van der Waals surface area (Å²) < 4.78 is 12.8. The van der Waals surface area contributed by atoms with Crippen molar-refractivity contribution < 1.29 is 9.18 Å². The number of halogens is 2. The van der Waals surface area contributed by atoms with Crippen LogP contribution in [0.15, 0.2) is 24.3 Å². The van der Waals surface area contributed by atoms with Crippen LogP contribution in [-0.4, -0.2) is 11.8 Å². The van der Waals surface area contributed by atoms with E-state index in [0.29, 0.717) is 12.3 Å². The molecule has 1 atom stereocenters. The first-order chi connectivity index (χ1) is 8.04. The van der Waals surface area contributed by atoms with E-state index in [1.165, 1.54) is 12.1 Å². The number of benzene rings is 1. The Hall–Kier alpha value is -1.09. The number of alkyl halides is 1. The van der Waals surface area contributed by atoms with Crippen LogP contribution in [0.4, 0.5) is 4.39 Å². The Bertz CT molecular complexity index is 364. The zero-order valence-electron chi connectivity index (χ0n) is 10.0. The Morgan fingerprint density at radius 2 is 1.94 bits per heavy atom. The zero-order valence-corrected chi connectivity index (χ0v) is 10.8. The lowest BCUT2D eigenvalue weighted by Gasteiger charge is -2.22. The van der Waals surface area contributed by atoms with Crippen LogP contribution in [0.25, 0.3) is 0 Å². The molecule has 2 nitrogen and oxygen atoms in total. The first kappa shape index (κ1) is 14.0. The Morgan fingerprint density at radius 1 is 1.35 bits per heavy atom. The lowest BCUT2D eigenvalue weighted by atomic mass is 9.96. The molecule has 0 saturated heterocycles. The molecule has 0 bridgehead atoms. The van der Waals surface area contributed by atoms with Crippen LogP contribution in [-0.2, 0) is 4.79 Å². The summed E-state index contributed by atoms with van der Waals surface area (Å²) in [5, 5.41) is 2.91. The minimum atomic E-state index is -0.275. The summed E-state index contributed by atoms with van der Waals surface area (Å²) in [6.45, 7) is 4.02. The van der Waals surface area contributed by atoms with Gasteiger partial charge in [-0.3, -0.25) is 4.79 Å². The van der Waals surface area contributed by atoms with Gasteiger partial charge >= 0.3 is 0 Å². The molecule has 0 fully saturated rings. The number of hydrogen-bond donors (Lipinski definition) is 1. The quantitative estimate of drug-likeness (QED) is 0.806. The van der Waals surface area contributed by atoms with Gasteiger partial charge in [0.25, 0.3) is 0 Å². The van der Waals surface area contributed by atoms with Crippen LogP contribution in [0, 0.1) is 11.7 Å². The monoisotopic (exact) mass is 257 g/mol. The highest BCUT2D eigenvalue weighted by Crippen LogP contribution is 2.21. The van der Waals surface area contributed by atoms with Gasteiger partial charge < -0.3 is 5.32 Å². The topological polar surface area (TPSA) is 29.1 Å². The number of amides is 1. The van der Waals surface area contributed by atoms with E-state index in [-0.39, 0.29) is 23.7 Å². The molecular formula is C13H17ClFNO. The zero-order chi connectivity index (χ0) is 12.8. The normalized spacial score (nSPS) is 12.5. The molecule has 4 heteroatoms. The molecule has 0 aliphatic carbocycles. The average molecular weight is 258 g/mol. The third kappa shape index (κ3) is 4.35. The fraction of sp³-hybridized carbons (Fsp3) is 0.462. The SMILES string of the molecule is CC(C)C(NC(=O)CCCl)c1ccc(F)cc1. The van der Waals surface area contributed by atoms with E-state index in [1.807, 2.05) is 13.8 Å². The molecule has 0 aliphatic rings. The molecule has 0 radical (unpaired) electrons. The molecule has 0 aliphatic heterocycles. The predicted molar refractivity (Wildman–Crippen MR) is 67.5 cm³/mol. The highest BCUT2D eigenvalue weighted by Gasteiger charge is 2.17. The van der Waals surface area contributed by atoms with E-state index in [2.05, 4.69) is 5.32 Å². The maximum atomic E-state index is 12.8. The van der Waals surface area contributed by atoms with Crippen LogP contribution in [0.2, 0.25) is 0 Å². The highest BCUT2D eigenvalue weighted by atomic mass is 35.5. The number of carbonyl (C=O) groups is 1. The summed E-state index contributed by atoms with van der Waals surface area (Å²) >= 11 is 5.52. The summed E-state index contributed by atoms with van der Waals surface area (Å²) in [5.74, 6) is 0.186. The first-order valence-corrected chi connectivity index (χ1v) is 6.19. The van der Waals surface area contributed by atoms with Gasteiger partial charge in [0.2, 0.25) is 5.91 Å². The highest BCUT2D eigenvalue weighted by molar-refractivity contribution is 6.18. The standard InChI is InChI=1S/C13H17ClFNO/c1-9(2)13(16-12(17)7-8-14)10-3-5-11(15)6-4-10/h3-6,9,13H,7-8H2,1-2H3,(H,16,17). The van der Waals surface area contributed by atoms with Gasteiger partial charge in [0, 0.05) is 12.3 Å². The van der Waals surface area contributed by atoms with Gasteiger partial charge in [-0.15, -0.1) is 11.6 Å². The van der Waals surface area contributed by atoms with Gasteiger partial charge in [-0.1, -0.05) is 26.0 Å². The molecule has 1 rings (SSSR count). The van der Waals surface area contributed by atoms with Crippen LogP contribution in [0.1, 0.15) is 31.9 Å². The molecule has 1 unspecified atom stereocenters. The maximum Gasteiger partial charge on any atom is 0.221 e. The lowest BCUT2D eigenvalue weighted by Crippen LogP contribution is -2.31. The second-order valence-electron chi connectivity index (χ2n) is 4.28. The van der Waals surface area contributed by atoms with Crippen molar-refractivity contribution in [2.45, 2.75) is 26.3 Å². The van der Waals surface area contributed by atoms with Gasteiger partial charge in [0.05, 0.1) is 6.04 Å². The van der Waals surface area contributed by atoms with Gasteiger partial charge in [0.1, 0.15) is 5.82 Å². The first-order valence-electron chi connectivity index (χ1n) is 5.65. The lowest BCUT2D eigenvalue weighted by molar-refractivity contribution is -0.121. The van der Waals surface area contributed by atoms with E-state index in [4.69, 9.17) is 11.6 Å². The van der Waals surface area contributed by atoms with E-state index in [0.717, 1.165) is 5.56 Å². The summed E-state index contributed by atoms with van der Waals surface area (Å²) in [7, 11) is 0. The molecule has 1 aromatic carbocycles. The number of nitrogens with one attached hydrogen (secondary N) is 1. The van der Waals surface area contributed by atoms with Gasteiger partial charge in [-0.05, 0) is 23.6 Å². The maximum absolute atomic E-state index is 12.8. The van der Waals surface area contributed by atoms with Crippen molar-refractivity contribution in [2.24, 2.45) is 5.92 Å². The third-order valence-electron chi connectivity index (χ3n) is 2.53. The predicted octanol–water partition coefficient (Wildman–Crippen LogP) is 3.27. The summed E-state index contributed by atoms with van der Waals surface area (Å²) in [6, 6.07) is 6.09. The second-order valence-corrected chi connectivity index (χ2v) is 4.66. The minimum Gasteiger partial charge on any atom is -0.349 e. The molecule has 1 amide bonds. The fourth-order valence-corrected chi connectivity index (χ4v) is 1.81. The minimum absolute atomic E-state index is 0.0805. The van der Waals surface area contributed by atoms with Gasteiger partial charge in [0.15, 0.2) is 0 Å². The Balaban J connectivity index is 2.79. The fourth-order valence-electron chi connectivity index (χ4n) is 1.64. The van der Waals surface area contributed by atoms with Crippen LogP contribution >= 0.6 is 11.6 Å². The van der Waals surface area contributed by atoms with E-state index in [9.17, 15) is 9.18 Å². The molecule has 1 aromatic rings. The molecule has 0 spiro atoms. The summed E-state index contributed by atoms with van der Waals surface area (Å²) in [6.07, 6.45) is 0.298. The Kier molecular flexibility index (Phi) is 5.42. The van der Waals surface area contributed by atoms with Crippen LogP contribution in [0.5, 0.6) is 0 Å². The van der Waals surface area contributed by atoms with Crippen molar-refractivity contribution in [3.05, 3.63) is 35.6 Å². The number of hydrogen-bond acceptors (Lipinski definition) is 1. The van der Waals surface area contributed by atoms with Crippen molar-refractivity contribution in [3.8, 4) is 0 Å². The average Bonchev–Trinajstić information content (AvgIpc) is 2.27. The van der Waals surface area contributed by atoms with Crippen molar-refractivity contribution in [1.29, 1.82) is 0 Å². The molecule has 0 saturated carbocycles. The molecule has 0 aromatic heterocycles. The van der Waals surface area contributed by atoms with Crippen LogP contribution < -0.4 is 5.32 Å². The second kappa shape index (κ2) is 6.60. The van der Waals surface area contributed by atoms with E-state index < -0.39 is 0 Å². The molecule has 17 heavy (non-hydrogen) atoms. The van der Waals surface area contributed by atoms with Crippen molar-refractivity contribution in [3.63, 3.8) is 0 Å². The van der Waals surface area contributed by atoms with Crippen molar-refractivity contribution in [1.82, 2.24) is 5.32 Å². The Labute approximate surface area is 106 Å². The molecule has 1 N–H and O–H groups in total. The van der Waals surface area contributed by atoms with Gasteiger partial charge in [-0.2, -0.15) is 0 Å². The summed E-state index contributed by atoms with van der Waals surface area (Å²) in [5.41, 5.74) is 0.907. The smallest absolute Gasteiger partial charge is 0.221 e. The largest absolute Gasteiger partial charge is 0.349 e. The number of carbonyl (C=O) groups excluding carboxylic acids is 1. The Morgan fingerprint density at radius 3 is 2.41 bits per heavy atom. The molecule has 94 valence electrons. The van der Waals surface area contributed by atoms with E-state index >= 15 is 0 Å². The molecule has 0 heterocycles. The van der Waals surface area contributed by atoms with Gasteiger partial charge in [-0.25, -0.2) is 4.39 Å². The van der Waals surface area contributed by atoms with Crippen molar-refractivity contribution in [2.75, 3.05) is 5.88 Å². The number of rotatable bonds is 5. The summed E-state index contributed by atoms with van der Waals surface area (Å²) in [4.78, 5) is 11.5. The van der Waals surface area contributed by atoms with Crippen molar-refractivity contribution >= 4 is 17.5 Å². The third-order valence-corrected chi connectivity index (χ3v) is 2.72. The van der Waals surface area contributed by atoms with Crippen LogP contribution in [0.3, 0.4) is 0 Å². The molecular weight excluding hydrogens is 241 g/mol.